The van der Waals surface area contributed by atoms with Gasteiger partial charge in [-0.15, -0.1) is 5.10 Å². The number of morpholine rings is 1. The molecule has 0 N–H and O–H groups in total. The van der Waals surface area contributed by atoms with E-state index in [2.05, 4.69) is 36.2 Å². The second kappa shape index (κ2) is 10.0. The molecule has 5 aromatic rings. The van der Waals surface area contributed by atoms with Gasteiger partial charge in [0.05, 0.1) is 52.8 Å². The first-order valence-electron chi connectivity index (χ1n) is 11.6. The van der Waals surface area contributed by atoms with Crippen LogP contribution in [0.2, 0.25) is 10.0 Å². The van der Waals surface area contributed by atoms with Crippen LogP contribution in [0.5, 0.6) is 0 Å². The average molecular weight is 601 g/mol. The average Bonchev–Trinajstić information content (AvgIpc) is 3.50. The van der Waals surface area contributed by atoms with E-state index >= 15 is 0 Å². The van der Waals surface area contributed by atoms with Crippen molar-refractivity contribution in [3.8, 4) is 0 Å². The van der Waals surface area contributed by atoms with Crippen molar-refractivity contribution in [3.05, 3.63) is 86.6 Å². The number of benzene rings is 1. The number of aromatic nitrogens is 6. The fourth-order valence-corrected chi connectivity index (χ4v) is 5.41. The maximum Gasteiger partial charge on any atom is 0.272 e. The second-order valence-corrected chi connectivity index (χ2v) is 10.5. The number of hydrogen-bond donors (Lipinski definition) is 0. The van der Waals surface area contributed by atoms with Gasteiger partial charge in [-0.3, -0.25) is 4.79 Å². The number of ether oxygens (including phenoxy) is 1. The van der Waals surface area contributed by atoms with Gasteiger partial charge >= 0.3 is 0 Å². The maximum absolute atomic E-state index is 13.5. The molecule has 0 radical (unpaired) electrons. The van der Waals surface area contributed by atoms with E-state index in [-0.39, 0.29) is 11.9 Å². The molecule has 6 rings (SSSR count). The minimum Gasteiger partial charge on any atom is -0.377 e. The number of pyridine rings is 2. The molecule has 188 valence electrons. The summed E-state index contributed by atoms with van der Waals surface area (Å²) in [6.07, 6.45) is 6.09. The topological polar surface area (TPSA) is 90.4 Å². The Hall–Kier alpha value is -3.05. The molecular weight excluding hydrogens is 581 g/mol. The number of halogens is 3. The Morgan fingerprint density at radius 1 is 1.11 bits per heavy atom. The molecule has 0 bridgehead atoms. The van der Waals surface area contributed by atoms with Crippen LogP contribution in [-0.4, -0.2) is 66.0 Å². The number of nitrogens with zero attached hydrogens (tertiary/aromatic N) is 7. The second-order valence-electron chi connectivity index (χ2n) is 8.81. The van der Waals surface area contributed by atoms with Gasteiger partial charge in [0.2, 0.25) is 0 Å². The van der Waals surface area contributed by atoms with Crippen molar-refractivity contribution in [2.45, 2.75) is 19.0 Å². The molecule has 0 spiro atoms. The van der Waals surface area contributed by atoms with E-state index in [1.165, 1.54) is 0 Å². The molecule has 1 aliphatic heterocycles. The lowest BCUT2D eigenvalue weighted by atomic mass is 10.1. The van der Waals surface area contributed by atoms with Gasteiger partial charge in [-0.05, 0) is 40.2 Å². The molecule has 1 aromatic carbocycles. The van der Waals surface area contributed by atoms with Gasteiger partial charge in [-0.25, -0.2) is 14.6 Å². The quantitative estimate of drug-likeness (QED) is 0.291. The fourth-order valence-electron chi connectivity index (χ4n) is 4.53. The number of carbonyl (C=O) groups is 1. The molecular formula is C25H20BrCl2N7O2. The van der Waals surface area contributed by atoms with E-state index < -0.39 is 0 Å². The zero-order valence-electron chi connectivity index (χ0n) is 19.4. The maximum atomic E-state index is 13.5. The number of imidazole rings is 1. The van der Waals surface area contributed by atoms with Gasteiger partial charge < -0.3 is 14.0 Å². The van der Waals surface area contributed by atoms with Crippen LogP contribution in [0.1, 0.15) is 21.9 Å². The van der Waals surface area contributed by atoms with Gasteiger partial charge in [-0.1, -0.05) is 40.5 Å². The van der Waals surface area contributed by atoms with Crippen molar-refractivity contribution in [2.75, 3.05) is 19.8 Å². The molecule has 4 aromatic heterocycles. The molecule has 5 heterocycles. The summed E-state index contributed by atoms with van der Waals surface area (Å²) in [7, 11) is 0. The van der Waals surface area contributed by atoms with E-state index in [1.54, 1.807) is 21.7 Å². The van der Waals surface area contributed by atoms with Crippen molar-refractivity contribution in [3.63, 3.8) is 0 Å². The summed E-state index contributed by atoms with van der Waals surface area (Å²) in [5.74, 6) is -0.191. The van der Waals surface area contributed by atoms with Gasteiger partial charge in [0.25, 0.3) is 5.91 Å². The van der Waals surface area contributed by atoms with Crippen LogP contribution in [0.25, 0.3) is 16.6 Å². The van der Waals surface area contributed by atoms with Gasteiger partial charge in [0.15, 0.2) is 0 Å². The summed E-state index contributed by atoms with van der Waals surface area (Å²) in [6, 6.07) is 10.7. The molecule has 1 unspecified atom stereocenters. The standard InChI is InChI=1S/C25H20BrCl2N7O2/c26-20-3-1-2-19-21(28)9-22(30-24(19)20)25(36)35-6-7-37-14-18(35)8-16-12-34(32-31-16)13-17-11-33-10-15(27)4-5-23(33)29-17/h1-5,9-12,18H,6-8,13-14H2. The summed E-state index contributed by atoms with van der Waals surface area (Å²) < 4.78 is 10.1. The Morgan fingerprint density at radius 3 is 2.89 bits per heavy atom. The highest BCUT2D eigenvalue weighted by molar-refractivity contribution is 9.10. The van der Waals surface area contributed by atoms with E-state index in [4.69, 9.17) is 27.9 Å². The Morgan fingerprint density at radius 2 is 2.00 bits per heavy atom. The molecule has 1 amide bonds. The minimum atomic E-state index is -0.209. The third-order valence-corrected chi connectivity index (χ3v) is 7.44. The van der Waals surface area contributed by atoms with Crippen molar-refractivity contribution >= 4 is 61.6 Å². The lowest BCUT2D eigenvalue weighted by Gasteiger charge is -2.35. The van der Waals surface area contributed by atoms with Crippen LogP contribution in [0.4, 0.5) is 0 Å². The largest absolute Gasteiger partial charge is 0.377 e. The Balaban J connectivity index is 1.20. The van der Waals surface area contributed by atoms with E-state index in [1.807, 2.05) is 47.3 Å². The summed E-state index contributed by atoms with van der Waals surface area (Å²) in [5, 5.41) is 10.5. The third-order valence-electron chi connectivity index (χ3n) is 6.27. The predicted molar refractivity (Wildman–Crippen MR) is 143 cm³/mol. The van der Waals surface area contributed by atoms with E-state index in [0.717, 1.165) is 26.9 Å². The third kappa shape index (κ3) is 4.94. The van der Waals surface area contributed by atoms with Crippen LogP contribution in [0.15, 0.2) is 59.5 Å². The zero-order valence-corrected chi connectivity index (χ0v) is 22.5. The highest BCUT2D eigenvalue weighted by Crippen LogP contribution is 2.29. The van der Waals surface area contributed by atoms with Crippen LogP contribution in [0, 0.1) is 0 Å². The van der Waals surface area contributed by atoms with Crippen molar-refractivity contribution < 1.29 is 9.53 Å². The summed E-state index contributed by atoms with van der Waals surface area (Å²) in [4.78, 5) is 24.5. The summed E-state index contributed by atoms with van der Waals surface area (Å²) in [5.41, 5.74) is 3.35. The molecule has 1 aliphatic rings. The first kappa shape index (κ1) is 24.3. The Kier molecular flexibility index (Phi) is 6.58. The monoisotopic (exact) mass is 599 g/mol. The summed E-state index contributed by atoms with van der Waals surface area (Å²) >= 11 is 16.1. The number of para-hydroxylation sites is 1. The van der Waals surface area contributed by atoms with E-state index in [9.17, 15) is 4.79 Å². The molecule has 0 aliphatic carbocycles. The molecule has 12 heteroatoms. The number of fused-ring (bicyclic) bond motifs is 2. The number of hydrogen-bond acceptors (Lipinski definition) is 6. The van der Waals surface area contributed by atoms with E-state index in [0.29, 0.717) is 54.0 Å². The van der Waals surface area contributed by atoms with Gasteiger partial charge in [0.1, 0.15) is 11.3 Å². The predicted octanol–water partition coefficient (Wildman–Crippen LogP) is 4.68. The van der Waals surface area contributed by atoms with Gasteiger partial charge in [0, 0.05) is 41.4 Å². The fraction of sp³-hybridized carbons (Fsp3) is 0.240. The Labute approximate surface area is 230 Å². The molecule has 0 saturated carbocycles. The highest BCUT2D eigenvalue weighted by atomic mass is 79.9. The lowest BCUT2D eigenvalue weighted by molar-refractivity contribution is -0.00218. The number of amides is 1. The normalized spacial score (nSPS) is 16.1. The van der Waals surface area contributed by atoms with Crippen LogP contribution < -0.4 is 0 Å². The number of carbonyl (C=O) groups excluding carboxylic acids is 1. The molecule has 1 atom stereocenters. The van der Waals surface area contributed by atoms with Gasteiger partial charge in [-0.2, -0.15) is 0 Å². The first-order chi connectivity index (χ1) is 17.9. The minimum absolute atomic E-state index is 0.191. The highest BCUT2D eigenvalue weighted by Gasteiger charge is 2.30. The molecule has 37 heavy (non-hydrogen) atoms. The molecule has 1 fully saturated rings. The van der Waals surface area contributed by atoms with Crippen molar-refractivity contribution in [2.24, 2.45) is 0 Å². The Bertz CT molecular complexity index is 1640. The first-order valence-corrected chi connectivity index (χ1v) is 13.1. The van der Waals surface area contributed by atoms with Crippen molar-refractivity contribution in [1.82, 2.24) is 34.3 Å². The summed E-state index contributed by atoms with van der Waals surface area (Å²) in [6.45, 7) is 1.77. The molecule has 1 saturated heterocycles. The van der Waals surface area contributed by atoms with Crippen LogP contribution in [-0.2, 0) is 17.7 Å². The zero-order chi connectivity index (χ0) is 25.5. The SMILES string of the molecule is O=C(c1cc(Cl)c2cccc(Br)c2n1)N1CCOCC1Cc1cn(Cc2cn3cc(Cl)ccc3n2)nn1. The lowest BCUT2D eigenvalue weighted by Crippen LogP contribution is -2.50. The van der Waals surface area contributed by atoms with Crippen LogP contribution >= 0.6 is 39.1 Å². The van der Waals surface area contributed by atoms with Crippen LogP contribution in [0.3, 0.4) is 0 Å². The number of rotatable bonds is 5. The molecule has 9 nitrogen and oxygen atoms in total. The van der Waals surface area contributed by atoms with Crippen molar-refractivity contribution in [1.29, 1.82) is 0 Å². The smallest absolute Gasteiger partial charge is 0.272 e.